The second-order valence-corrected chi connectivity index (χ2v) is 8.22. The molecule has 0 unspecified atom stereocenters. The molecule has 0 saturated carbocycles. The number of guanidine groups is 1. The van der Waals surface area contributed by atoms with Gasteiger partial charge in [0.15, 0.2) is 11.7 Å². The smallest absolute Gasteiger partial charge is 0.356 e. The first-order valence-corrected chi connectivity index (χ1v) is 10.6. The van der Waals surface area contributed by atoms with Crippen LogP contribution in [0, 0.1) is 0 Å². The molecule has 0 spiro atoms. The minimum atomic E-state index is -4.44. The summed E-state index contributed by atoms with van der Waals surface area (Å²) < 4.78 is 64.2. The zero-order valence-electron chi connectivity index (χ0n) is 15.0. The summed E-state index contributed by atoms with van der Waals surface area (Å²) in [4.78, 5) is 7.71. The lowest BCUT2D eigenvalue weighted by Crippen LogP contribution is -2.42. The molecule has 0 radical (unpaired) electrons. The molecular formula is C16H20F3N5O2S2. The van der Waals surface area contributed by atoms with Crippen LogP contribution in [0.1, 0.15) is 10.7 Å². The Morgan fingerprint density at radius 3 is 2.43 bits per heavy atom. The Kier molecular flexibility index (Phi) is 7.78. The normalized spacial score (nSPS) is 12.8. The van der Waals surface area contributed by atoms with Crippen molar-refractivity contribution in [1.29, 1.82) is 0 Å². The minimum Gasteiger partial charge on any atom is -0.356 e. The summed E-state index contributed by atoms with van der Waals surface area (Å²) in [7, 11) is -2.04. The van der Waals surface area contributed by atoms with E-state index in [4.69, 9.17) is 0 Å². The van der Waals surface area contributed by atoms with Gasteiger partial charge in [0.05, 0.1) is 9.90 Å². The average Bonchev–Trinajstić information content (AvgIpc) is 3.14. The first kappa shape index (κ1) is 22.1. The summed E-state index contributed by atoms with van der Waals surface area (Å²) in [6.45, 7) is 0.751. The zero-order valence-corrected chi connectivity index (χ0v) is 16.6. The van der Waals surface area contributed by atoms with E-state index in [0.717, 1.165) is 16.7 Å². The highest BCUT2D eigenvalue weighted by atomic mass is 32.2. The molecule has 1 heterocycles. The first-order valence-electron chi connectivity index (χ1n) is 8.23. The molecule has 0 aliphatic heterocycles. The standard InChI is InChI=1S/C16H20F3N5O2S2/c1-20-15(21-8-7-14-24-13(11-27-14)16(17,18)19)22-9-10-23-28(25,26)12-5-3-2-4-6-12/h2-6,11,23H,7-10H2,1H3,(H2,20,21,22). The highest BCUT2D eigenvalue weighted by Gasteiger charge is 2.33. The van der Waals surface area contributed by atoms with Crippen molar-refractivity contribution in [3.63, 3.8) is 0 Å². The van der Waals surface area contributed by atoms with E-state index >= 15 is 0 Å². The molecule has 28 heavy (non-hydrogen) atoms. The van der Waals surface area contributed by atoms with Crippen LogP contribution in [0.4, 0.5) is 13.2 Å². The summed E-state index contributed by atoms with van der Waals surface area (Å²) in [5.41, 5.74) is -0.888. The van der Waals surface area contributed by atoms with E-state index in [-0.39, 0.29) is 18.0 Å². The number of hydrogen-bond donors (Lipinski definition) is 3. The van der Waals surface area contributed by atoms with E-state index in [1.165, 1.54) is 19.2 Å². The van der Waals surface area contributed by atoms with E-state index in [1.54, 1.807) is 18.2 Å². The number of aliphatic imine (C=N–C) groups is 1. The number of aromatic nitrogens is 1. The molecule has 0 bridgehead atoms. The minimum absolute atomic E-state index is 0.138. The third-order valence-electron chi connectivity index (χ3n) is 3.46. The molecule has 0 atom stereocenters. The van der Waals surface area contributed by atoms with Crippen LogP contribution < -0.4 is 15.4 Å². The predicted molar refractivity (Wildman–Crippen MR) is 102 cm³/mol. The molecule has 7 nitrogen and oxygen atoms in total. The third-order valence-corrected chi connectivity index (χ3v) is 5.85. The number of nitrogens with zero attached hydrogens (tertiary/aromatic N) is 2. The molecule has 1 aromatic heterocycles. The van der Waals surface area contributed by atoms with Gasteiger partial charge in [-0.05, 0) is 12.1 Å². The van der Waals surface area contributed by atoms with Gasteiger partial charge in [-0.15, -0.1) is 11.3 Å². The summed E-state index contributed by atoms with van der Waals surface area (Å²) in [5, 5.41) is 7.22. The maximum absolute atomic E-state index is 12.5. The van der Waals surface area contributed by atoms with Gasteiger partial charge in [0.2, 0.25) is 10.0 Å². The molecule has 1 aromatic carbocycles. The topological polar surface area (TPSA) is 95.5 Å². The molecule has 0 aliphatic rings. The van der Waals surface area contributed by atoms with Crippen LogP contribution in [0.2, 0.25) is 0 Å². The molecule has 2 aromatic rings. The fourth-order valence-corrected chi connectivity index (χ4v) is 3.97. The molecular weight excluding hydrogens is 415 g/mol. The van der Waals surface area contributed by atoms with Crippen LogP contribution in [0.5, 0.6) is 0 Å². The monoisotopic (exact) mass is 435 g/mol. The van der Waals surface area contributed by atoms with Gasteiger partial charge in [-0.1, -0.05) is 18.2 Å². The zero-order chi connectivity index (χ0) is 20.6. The van der Waals surface area contributed by atoms with E-state index in [2.05, 4.69) is 25.3 Å². The Bertz CT molecular complexity index is 883. The molecule has 0 aliphatic carbocycles. The fraction of sp³-hybridized carbons (Fsp3) is 0.375. The van der Waals surface area contributed by atoms with Gasteiger partial charge in [-0.2, -0.15) is 13.2 Å². The number of nitrogens with one attached hydrogen (secondary N) is 3. The van der Waals surface area contributed by atoms with Crippen LogP contribution in [-0.2, 0) is 22.6 Å². The molecule has 2 rings (SSSR count). The van der Waals surface area contributed by atoms with Crippen LogP contribution >= 0.6 is 11.3 Å². The summed E-state index contributed by atoms with van der Waals surface area (Å²) in [5.74, 6) is 0.409. The van der Waals surface area contributed by atoms with Crippen molar-refractivity contribution >= 4 is 27.3 Å². The number of thiazole rings is 1. The predicted octanol–water partition coefficient (Wildman–Crippen LogP) is 1.85. The van der Waals surface area contributed by atoms with Crippen molar-refractivity contribution in [3.05, 3.63) is 46.4 Å². The van der Waals surface area contributed by atoms with Gasteiger partial charge in [0.25, 0.3) is 0 Å². The lowest BCUT2D eigenvalue weighted by Gasteiger charge is -2.12. The molecule has 154 valence electrons. The first-order chi connectivity index (χ1) is 13.2. The van der Waals surface area contributed by atoms with Crippen molar-refractivity contribution in [2.75, 3.05) is 26.7 Å². The van der Waals surface area contributed by atoms with Gasteiger partial charge in [0, 0.05) is 38.5 Å². The van der Waals surface area contributed by atoms with Crippen molar-refractivity contribution in [1.82, 2.24) is 20.3 Å². The largest absolute Gasteiger partial charge is 0.434 e. The second kappa shape index (κ2) is 9.85. The number of alkyl halides is 3. The SMILES string of the molecule is CN=C(NCCNS(=O)(=O)c1ccccc1)NCCc1nc(C(F)(F)F)cs1. The van der Waals surface area contributed by atoms with E-state index < -0.39 is 21.9 Å². The quantitative estimate of drug-likeness (QED) is 0.334. The Hall–Kier alpha value is -2.18. The maximum Gasteiger partial charge on any atom is 0.434 e. The van der Waals surface area contributed by atoms with Crippen LogP contribution in [-0.4, -0.2) is 46.0 Å². The Morgan fingerprint density at radius 1 is 1.14 bits per heavy atom. The van der Waals surface area contributed by atoms with Crippen molar-refractivity contribution in [2.45, 2.75) is 17.5 Å². The third kappa shape index (κ3) is 6.77. The molecule has 3 N–H and O–H groups in total. The Balaban J connectivity index is 1.71. The van der Waals surface area contributed by atoms with Gasteiger partial charge >= 0.3 is 6.18 Å². The van der Waals surface area contributed by atoms with Crippen molar-refractivity contribution in [3.8, 4) is 0 Å². The van der Waals surface area contributed by atoms with Gasteiger partial charge in [-0.25, -0.2) is 18.1 Å². The Labute approximate surface area is 165 Å². The van der Waals surface area contributed by atoms with Crippen LogP contribution in [0.3, 0.4) is 0 Å². The van der Waals surface area contributed by atoms with Gasteiger partial charge in [0.1, 0.15) is 0 Å². The van der Waals surface area contributed by atoms with E-state index in [1.807, 2.05) is 0 Å². The number of halogens is 3. The van der Waals surface area contributed by atoms with E-state index in [0.29, 0.717) is 23.9 Å². The van der Waals surface area contributed by atoms with Crippen molar-refractivity contribution < 1.29 is 21.6 Å². The van der Waals surface area contributed by atoms with Crippen molar-refractivity contribution in [2.24, 2.45) is 4.99 Å². The number of sulfonamides is 1. The highest BCUT2D eigenvalue weighted by Crippen LogP contribution is 2.29. The number of rotatable bonds is 8. The van der Waals surface area contributed by atoms with E-state index in [9.17, 15) is 21.6 Å². The molecule has 0 fully saturated rings. The summed E-state index contributed by atoms with van der Waals surface area (Å²) in [6, 6.07) is 8.00. The highest BCUT2D eigenvalue weighted by molar-refractivity contribution is 7.89. The summed E-state index contributed by atoms with van der Waals surface area (Å²) >= 11 is 0.950. The Morgan fingerprint density at radius 2 is 1.82 bits per heavy atom. The average molecular weight is 435 g/mol. The van der Waals surface area contributed by atoms with Crippen LogP contribution in [0.25, 0.3) is 0 Å². The number of benzene rings is 1. The molecule has 12 heteroatoms. The lowest BCUT2D eigenvalue weighted by molar-refractivity contribution is -0.140. The number of hydrogen-bond acceptors (Lipinski definition) is 5. The van der Waals surface area contributed by atoms with Crippen LogP contribution in [0.15, 0.2) is 45.6 Å². The second-order valence-electron chi connectivity index (χ2n) is 5.51. The van der Waals surface area contributed by atoms with Gasteiger partial charge < -0.3 is 10.6 Å². The summed E-state index contributed by atoms with van der Waals surface area (Å²) in [6.07, 6.45) is -4.13. The molecule has 0 amide bonds. The molecule has 0 saturated heterocycles. The maximum atomic E-state index is 12.5. The lowest BCUT2D eigenvalue weighted by atomic mass is 10.4. The fourth-order valence-electron chi connectivity index (χ4n) is 2.11. The van der Waals surface area contributed by atoms with Gasteiger partial charge in [-0.3, -0.25) is 4.99 Å².